The van der Waals surface area contributed by atoms with Crippen molar-refractivity contribution in [3.05, 3.63) is 29.6 Å². The smallest absolute Gasteiger partial charge is 0.372 e. The summed E-state index contributed by atoms with van der Waals surface area (Å²) in [4.78, 5) is 4.44. The summed E-state index contributed by atoms with van der Waals surface area (Å²) in [6, 6.07) is 5.68. The minimum atomic E-state index is -4.29. The average molecular weight is 287 g/mol. The zero-order chi connectivity index (χ0) is 14.8. The fourth-order valence-corrected chi connectivity index (χ4v) is 2.06. The predicted octanol–water partition coefficient (Wildman–Crippen LogP) is 2.15. The second-order valence-electron chi connectivity index (χ2n) is 4.49. The van der Waals surface area contributed by atoms with Crippen molar-refractivity contribution in [3.8, 4) is 0 Å². The molecule has 0 atom stereocenters. The van der Waals surface area contributed by atoms with E-state index in [-0.39, 0.29) is 6.61 Å². The second kappa shape index (κ2) is 5.80. The van der Waals surface area contributed by atoms with Gasteiger partial charge >= 0.3 is 6.18 Å². The minimum absolute atomic E-state index is 0.0192. The molecule has 2 rings (SSSR count). The van der Waals surface area contributed by atoms with Gasteiger partial charge in [0.25, 0.3) is 0 Å². The lowest BCUT2D eigenvalue weighted by atomic mass is 10.2. The molecule has 110 valence electrons. The molecule has 1 aromatic heterocycles. The molecule has 2 N–H and O–H groups in total. The van der Waals surface area contributed by atoms with E-state index in [2.05, 4.69) is 9.72 Å². The lowest BCUT2D eigenvalue weighted by Gasteiger charge is -2.07. The largest absolute Gasteiger partial charge is 0.411 e. The van der Waals surface area contributed by atoms with E-state index in [1.54, 1.807) is 0 Å². The van der Waals surface area contributed by atoms with E-state index in [1.807, 2.05) is 29.8 Å². The topological polar surface area (TPSA) is 53.1 Å². The van der Waals surface area contributed by atoms with Gasteiger partial charge in [-0.3, -0.25) is 0 Å². The summed E-state index contributed by atoms with van der Waals surface area (Å²) in [5, 5.41) is 0. The van der Waals surface area contributed by atoms with Gasteiger partial charge in [0.1, 0.15) is 12.4 Å². The van der Waals surface area contributed by atoms with Crippen molar-refractivity contribution in [1.29, 1.82) is 0 Å². The van der Waals surface area contributed by atoms with Crippen LogP contribution in [0.25, 0.3) is 11.0 Å². The predicted molar refractivity (Wildman–Crippen MR) is 69.2 cm³/mol. The molecule has 2 aromatic rings. The molecule has 0 bridgehead atoms. The number of halogens is 3. The van der Waals surface area contributed by atoms with E-state index in [0.717, 1.165) is 16.6 Å². The van der Waals surface area contributed by atoms with Crippen molar-refractivity contribution in [2.24, 2.45) is 12.8 Å². The highest BCUT2D eigenvalue weighted by atomic mass is 19.4. The Morgan fingerprint density at radius 3 is 2.75 bits per heavy atom. The van der Waals surface area contributed by atoms with Crippen LogP contribution in [0, 0.1) is 0 Å². The zero-order valence-corrected chi connectivity index (χ0v) is 11.1. The van der Waals surface area contributed by atoms with Crippen LogP contribution in [0.2, 0.25) is 0 Å². The Morgan fingerprint density at radius 2 is 2.10 bits per heavy atom. The Kier molecular flexibility index (Phi) is 4.29. The second-order valence-corrected chi connectivity index (χ2v) is 4.49. The number of fused-ring (bicyclic) bond motifs is 1. The normalized spacial score (nSPS) is 12.2. The van der Waals surface area contributed by atoms with Gasteiger partial charge in [-0.2, -0.15) is 13.2 Å². The summed E-state index contributed by atoms with van der Waals surface area (Å²) in [5.74, 6) is 0.683. The number of para-hydroxylation sites is 1. The Hall–Kier alpha value is -1.60. The Bertz CT molecular complexity index is 592. The van der Waals surface area contributed by atoms with Crippen LogP contribution in [0.3, 0.4) is 0 Å². The average Bonchev–Trinajstić information content (AvgIpc) is 2.71. The number of hydrogen-bond donors (Lipinski definition) is 1. The lowest BCUT2D eigenvalue weighted by Crippen LogP contribution is -2.18. The van der Waals surface area contributed by atoms with Crippen LogP contribution in [0.5, 0.6) is 0 Å². The summed E-state index contributed by atoms with van der Waals surface area (Å²) in [6.45, 7) is -0.877. The lowest BCUT2D eigenvalue weighted by molar-refractivity contribution is -0.173. The first-order valence-corrected chi connectivity index (χ1v) is 6.20. The van der Waals surface area contributed by atoms with Crippen LogP contribution in [0.15, 0.2) is 18.2 Å². The first kappa shape index (κ1) is 14.8. The number of hydrogen-bond acceptors (Lipinski definition) is 3. The highest BCUT2D eigenvalue weighted by molar-refractivity contribution is 5.79. The van der Waals surface area contributed by atoms with Crippen molar-refractivity contribution in [3.63, 3.8) is 0 Å². The molecule has 7 heteroatoms. The van der Waals surface area contributed by atoms with Gasteiger partial charge in [-0.15, -0.1) is 0 Å². The standard InChI is InChI=1S/C13H16F3N3O/c1-19-10-4-2-3-9(7-17)12(10)18-11(19)5-6-20-8-13(14,15)16/h2-4H,5-8,17H2,1H3. The van der Waals surface area contributed by atoms with Crippen LogP contribution < -0.4 is 5.73 Å². The summed E-state index contributed by atoms with van der Waals surface area (Å²) in [5.41, 5.74) is 8.27. The van der Waals surface area contributed by atoms with Crippen molar-refractivity contribution in [2.75, 3.05) is 13.2 Å². The van der Waals surface area contributed by atoms with Gasteiger partial charge in [-0.05, 0) is 11.6 Å². The van der Waals surface area contributed by atoms with Gasteiger partial charge in [-0.25, -0.2) is 4.98 Å². The Morgan fingerprint density at radius 1 is 1.35 bits per heavy atom. The van der Waals surface area contributed by atoms with Crippen molar-refractivity contribution >= 4 is 11.0 Å². The quantitative estimate of drug-likeness (QED) is 0.857. The molecule has 0 spiro atoms. The third-order valence-electron chi connectivity index (χ3n) is 3.04. The molecular formula is C13H16F3N3O. The molecule has 20 heavy (non-hydrogen) atoms. The van der Waals surface area contributed by atoms with Gasteiger partial charge in [-0.1, -0.05) is 12.1 Å². The highest BCUT2D eigenvalue weighted by Crippen LogP contribution is 2.19. The first-order chi connectivity index (χ1) is 9.42. The van der Waals surface area contributed by atoms with Crippen molar-refractivity contribution < 1.29 is 17.9 Å². The maximum Gasteiger partial charge on any atom is 0.411 e. The maximum atomic E-state index is 12.0. The molecule has 0 saturated carbocycles. The minimum Gasteiger partial charge on any atom is -0.372 e. The van der Waals surface area contributed by atoms with Crippen LogP contribution in [-0.4, -0.2) is 28.9 Å². The molecular weight excluding hydrogens is 271 g/mol. The molecule has 0 saturated heterocycles. The molecule has 0 unspecified atom stereocenters. The Balaban J connectivity index is 2.09. The van der Waals surface area contributed by atoms with Crippen LogP contribution in [-0.2, 0) is 24.8 Å². The molecule has 0 amide bonds. The van der Waals surface area contributed by atoms with Crippen LogP contribution >= 0.6 is 0 Å². The van der Waals surface area contributed by atoms with Crippen molar-refractivity contribution in [1.82, 2.24) is 9.55 Å². The van der Waals surface area contributed by atoms with E-state index in [0.29, 0.717) is 18.8 Å². The summed E-state index contributed by atoms with van der Waals surface area (Å²) < 4.78 is 42.4. The third kappa shape index (κ3) is 3.29. The third-order valence-corrected chi connectivity index (χ3v) is 3.04. The number of nitrogens with two attached hydrogens (primary N) is 1. The molecule has 0 aliphatic carbocycles. The van der Waals surface area contributed by atoms with Gasteiger partial charge in [0, 0.05) is 20.0 Å². The summed E-state index contributed by atoms with van der Waals surface area (Å²) in [7, 11) is 1.83. The number of aryl methyl sites for hydroxylation is 1. The number of alkyl halides is 3. The van der Waals surface area contributed by atoms with Gasteiger partial charge < -0.3 is 15.0 Å². The van der Waals surface area contributed by atoms with Gasteiger partial charge in [0.15, 0.2) is 0 Å². The Labute approximate surface area is 114 Å². The monoisotopic (exact) mass is 287 g/mol. The van der Waals surface area contributed by atoms with Gasteiger partial charge in [0.05, 0.1) is 17.6 Å². The number of ether oxygens (including phenoxy) is 1. The zero-order valence-electron chi connectivity index (χ0n) is 11.1. The van der Waals surface area contributed by atoms with Crippen LogP contribution in [0.4, 0.5) is 13.2 Å². The maximum absolute atomic E-state index is 12.0. The molecule has 1 heterocycles. The van der Waals surface area contributed by atoms with E-state index in [4.69, 9.17) is 5.73 Å². The molecule has 0 fully saturated rings. The van der Waals surface area contributed by atoms with E-state index < -0.39 is 12.8 Å². The summed E-state index contributed by atoms with van der Waals surface area (Å²) in [6.07, 6.45) is -3.97. The number of imidazole rings is 1. The molecule has 1 aromatic carbocycles. The first-order valence-electron chi connectivity index (χ1n) is 6.20. The fraction of sp³-hybridized carbons (Fsp3) is 0.462. The van der Waals surface area contributed by atoms with Gasteiger partial charge in [0.2, 0.25) is 0 Å². The molecule has 0 radical (unpaired) electrons. The number of benzene rings is 1. The van der Waals surface area contributed by atoms with E-state index in [1.165, 1.54) is 0 Å². The molecule has 4 nitrogen and oxygen atoms in total. The fourth-order valence-electron chi connectivity index (χ4n) is 2.06. The van der Waals surface area contributed by atoms with E-state index in [9.17, 15) is 13.2 Å². The summed E-state index contributed by atoms with van der Waals surface area (Å²) >= 11 is 0. The van der Waals surface area contributed by atoms with Crippen LogP contribution in [0.1, 0.15) is 11.4 Å². The van der Waals surface area contributed by atoms with E-state index >= 15 is 0 Å². The number of nitrogens with zero attached hydrogens (tertiary/aromatic N) is 2. The van der Waals surface area contributed by atoms with Crippen molar-refractivity contribution in [2.45, 2.75) is 19.1 Å². The SMILES string of the molecule is Cn1c(CCOCC(F)(F)F)nc2c(CN)cccc21. The molecule has 0 aliphatic rings. The number of aromatic nitrogens is 2. The number of rotatable bonds is 5. The molecule has 0 aliphatic heterocycles. The highest BCUT2D eigenvalue weighted by Gasteiger charge is 2.27.